The monoisotopic (exact) mass is 974 g/mol. The van der Waals surface area contributed by atoms with Crippen molar-refractivity contribution in [2.45, 2.75) is 117 Å². The standard InChI is InChI=1S/C52H65F3N6O7S/c1-31-22-38-37-12-8-9-13-41(37)58-45(38)46(61(31)29-52(6,7)55)44-39(53)24-36(25-40(44)54)68-21-11-19-66-18-10-20-67-28-43(63)59-48(51(3,4)5)50(65)60-27-35(62)23-42(60)49(64)56-26-33-14-16-34(17-15-33)47-32(2)57-30-69-47/h8-9,12-17,24-25,30-31,35,42,46,48,58,62H,10-11,18-23,26-29H2,1-7H3,(H,56,64)(H,59,63). The molecule has 0 bridgehead atoms. The Balaban J connectivity index is 0.826. The predicted octanol–water partition coefficient (Wildman–Crippen LogP) is 7.96. The second kappa shape index (κ2) is 22.2. The third-order valence-corrected chi connectivity index (χ3v) is 13.6. The van der Waals surface area contributed by atoms with Crippen LogP contribution >= 0.6 is 11.3 Å². The second-order valence-corrected chi connectivity index (χ2v) is 20.7. The van der Waals surface area contributed by atoms with E-state index in [-0.39, 0.29) is 63.2 Å². The summed E-state index contributed by atoms with van der Waals surface area (Å²) in [6.45, 7) is 13.1. The van der Waals surface area contributed by atoms with Crippen LogP contribution in [0.25, 0.3) is 21.3 Å². The van der Waals surface area contributed by atoms with Gasteiger partial charge in [-0.1, -0.05) is 63.2 Å². The number of ether oxygens (including phenoxy) is 3. The van der Waals surface area contributed by atoms with Gasteiger partial charge in [0.05, 0.1) is 34.8 Å². The number of alkyl halides is 1. The number of carbonyl (C=O) groups excluding carboxylic acids is 3. The molecule has 7 rings (SSSR count). The van der Waals surface area contributed by atoms with E-state index in [1.807, 2.05) is 88.0 Å². The SMILES string of the molecule is Cc1ncsc1-c1ccc(CNC(=O)C2CC(O)CN2C(=O)C(NC(=O)COCCCOCCCOc2cc(F)c(C3c4[nH]c5ccccc5c4CC(C)N3CC(C)(C)F)c(F)c2)C(C)(C)C)cc1. The Kier molecular flexibility index (Phi) is 16.6. The molecule has 5 unspecified atom stereocenters. The fraction of sp³-hybridized carbons (Fsp3) is 0.500. The van der Waals surface area contributed by atoms with Gasteiger partial charge in [0.15, 0.2) is 0 Å². The van der Waals surface area contributed by atoms with Gasteiger partial charge in [0.1, 0.15) is 41.7 Å². The van der Waals surface area contributed by atoms with Crippen molar-refractivity contribution in [1.82, 2.24) is 30.4 Å². The molecule has 4 heterocycles. The van der Waals surface area contributed by atoms with Gasteiger partial charge in [0, 0.05) is 92.6 Å². The summed E-state index contributed by atoms with van der Waals surface area (Å²) >= 11 is 1.56. The minimum atomic E-state index is -1.61. The summed E-state index contributed by atoms with van der Waals surface area (Å²) < 4.78 is 64.2. The molecule has 2 aliphatic rings. The van der Waals surface area contributed by atoms with Crippen LogP contribution in [0.4, 0.5) is 13.2 Å². The number of halogens is 3. The molecule has 372 valence electrons. The molecular formula is C52H65F3N6O7S. The molecule has 2 aromatic heterocycles. The van der Waals surface area contributed by atoms with E-state index in [9.17, 15) is 19.5 Å². The van der Waals surface area contributed by atoms with Gasteiger partial charge in [0.25, 0.3) is 0 Å². The van der Waals surface area contributed by atoms with Gasteiger partial charge in [-0.25, -0.2) is 18.2 Å². The highest BCUT2D eigenvalue weighted by Gasteiger charge is 2.45. The number of fused-ring (bicyclic) bond motifs is 3. The lowest BCUT2D eigenvalue weighted by molar-refractivity contribution is -0.144. The zero-order chi connectivity index (χ0) is 49.6. The minimum Gasteiger partial charge on any atom is -0.493 e. The van der Waals surface area contributed by atoms with Gasteiger partial charge in [-0.3, -0.25) is 19.3 Å². The van der Waals surface area contributed by atoms with Crippen molar-refractivity contribution >= 4 is 40.0 Å². The van der Waals surface area contributed by atoms with Crippen molar-refractivity contribution in [2.24, 2.45) is 5.41 Å². The normalized spacial score (nSPS) is 19.1. The molecule has 69 heavy (non-hydrogen) atoms. The summed E-state index contributed by atoms with van der Waals surface area (Å²) in [6.07, 6.45) is 0.701. The maximum atomic E-state index is 16.0. The largest absolute Gasteiger partial charge is 0.493 e. The third kappa shape index (κ3) is 12.7. The lowest BCUT2D eigenvalue weighted by Crippen LogP contribution is -2.58. The number of hydrogen-bond acceptors (Lipinski definition) is 10. The van der Waals surface area contributed by atoms with Crippen LogP contribution in [0.2, 0.25) is 0 Å². The molecule has 13 nitrogen and oxygen atoms in total. The van der Waals surface area contributed by atoms with Gasteiger partial charge >= 0.3 is 0 Å². The predicted molar refractivity (Wildman–Crippen MR) is 260 cm³/mol. The van der Waals surface area contributed by atoms with Crippen LogP contribution in [0.3, 0.4) is 0 Å². The zero-order valence-electron chi connectivity index (χ0n) is 40.5. The van der Waals surface area contributed by atoms with E-state index in [0.717, 1.165) is 38.2 Å². The molecule has 1 saturated heterocycles. The van der Waals surface area contributed by atoms with Gasteiger partial charge in [-0.15, -0.1) is 11.3 Å². The lowest BCUT2D eigenvalue weighted by atomic mass is 9.85. The van der Waals surface area contributed by atoms with E-state index in [1.54, 1.807) is 16.8 Å². The number of nitrogens with one attached hydrogen (secondary N) is 3. The topological polar surface area (TPSA) is 158 Å². The van der Waals surface area contributed by atoms with E-state index < -0.39 is 64.7 Å². The summed E-state index contributed by atoms with van der Waals surface area (Å²) in [5, 5.41) is 17.2. The highest BCUT2D eigenvalue weighted by molar-refractivity contribution is 7.13. The van der Waals surface area contributed by atoms with Crippen LogP contribution in [-0.2, 0) is 36.8 Å². The number of amides is 3. The molecule has 0 spiro atoms. The number of para-hydroxylation sites is 1. The molecular weight excluding hydrogens is 910 g/mol. The van der Waals surface area contributed by atoms with Crippen LogP contribution in [0.1, 0.15) is 94.9 Å². The fourth-order valence-electron chi connectivity index (χ4n) is 9.27. The van der Waals surface area contributed by atoms with Crippen molar-refractivity contribution < 1.29 is 46.9 Å². The molecule has 4 N–H and O–H groups in total. The average Bonchev–Trinajstić information content (AvgIpc) is 4.01. The van der Waals surface area contributed by atoms with Crippen molar-refractivity contribution in [3.8, 4) is 16.2 Å². The Morgan fingerprint density at radius 2 is 1.65 bits per heavy atom. The summed E-state index contributed by atoms with van der Waals surface area (Å²) in [5.74, 6) is -2.88. The molecule has 0 radical (unpaired) electrons. The molecule has 0 aliphatic carbocycles. The molecule has 1 fully saturated rings. The summed E-state index contributed by atoms with van der Waals surface area (Å²) in [6, 6.07) is 14.9. The number of hydrogen-bond donors (Lipinski definition) is 4. The molecule has 17 heteroatoms. The van der Waals surface area contributed by atoms with E-state index in [4.69, 9.17) is 14.2 Å². The Labute approximate surface area is 406 Å². The Hall–Kier alpha value is -5.33. The van der Waals surface area contributed by atoms with Crippen LogP contribution in [0.15, 0.2) is 66.2 Å². The molecule has 5 aromatic rings. The number of β-amino-alcohol motifs (C(OH)–C–C–N with tert-alkyl or cyclic N) is 1. The summed E-state index contributed by atoms with van der Waals surface area (Å²) in [4.78, 5) is 52.4. The van der Waals surface area contributed by atoms with Crippen LogP contribution in [0.5, 0.6) is 5.75 Å². The number of nitrogens with zero attached hydrogens (tertiary/aromatic N) is 3. The highest BCUT2D eigenvalue weighted by Crippen LogP contribution is 2.44. The van der Waals surface area contributed by atoms with E-state index >= 15 is 13.2 Å². The van der Waals surface area contributed by atoms with Crippen LogP contribution < -0.4 is 15.4 Å². The third-order valence-electron chi connectivity index (χ3n) is 12.6. The molecule has 5 atom stereocenters. The Bertz CT molecular complexity index is 2550. The van der Waals surface area contributed by atoms with Gasteiger partial charge in [-0.2, -0.15) is 0 Å². The first-order chi connectivity index (χ1) is 32.8. The molecule has 0 saturated carbocycles. The smallest absolute Gasteiger partial charge is 0.246 e. The van der Waals surface area contributed by atoms with Gasteiger partial charge in [0.2, 0.25) is 17.7 Å². The van der Waals surface area contributed by atoms with Crippen molar-refractivity contribution in [1.29, 1.82) is 0 Å². The van der Waals surface area contributed by atoms with Crippen molar-refractivity contribution in [3.63, 3.8) is 0 Å². The highest BCUT2D eigenvalue weighted by atomic mass is 32.1. The quantitative estimate of drug-likeness (QED) is 0.0568. The molecule has 3 aromatic carbocycles. The number of aliphatic hydroxyl groups excluding tert-OH is 1. The average molecular weight is 975 g/mol. The number of likely N-dealkylation sites (tertiary alicyclic amines) is 1. The maximum absolute atomic E-state index is 16.0. The Morgan fingerprint density at radius 3 is 2.32 bits per heavy atom. The summed E-state index contributed by atoms with van der Waals surface area (Å²) in [5.41, 5.74) is 4.67. The van der Waals surface area contributed by atoms with Gasteiger partial charge in [-0.05, 0) is 68.7 Å². The van der Waals surface area contributed by atoms with E-state index in [2.05, 4.69) is 20.6 Å². The first kappa shape index (κ1) is 51.5. The number of aryl methyl sites for hydroxylation is 1. The van der Waals surface area contributed by atoms with Crippen molar-refractivity contribution in [3.05, 3.63) is 106 Å². The number of carbonyl (C=O) groups is 3. The van der Waals surface area contributed by atoms with Crippen molar-refractivity contribution in [2.75, 3.05) is 46.1 Å². The van der Waals surface area contributed by atoms with E-state index in [1.165, 1.54) is 30.9 Å². The maximum Gasteiger partial charge on any atom is 0.246 e. The molecule has 2 aliphatic heterocycles. The lowest BCUT2D eigenvalue weighted by Gasteiger charge is -2.43. The first-order valence-electron chi connectivity index (χ1n) is 23.7. The number of benzene rings is 3. The van der Waals surface area contributed by atoms with Crippen LogP contribution in [0, 0.1) is 24.0 Å². The van der Waals surface area contributed by atoms with E-state index in [0.29, 0.717) is 38.2 Å². The number of thiazole rings is 1. The van der Waals surface area contributed by atoms with Gasteiger partial charge < -0.3 is 39.8 Å². The number of aliphatic hydroxyl groups is 1. The first-order valence-corrected chi connectivity index (χ1v) is 24.5. The zero-order valence-corrected chi connectivity index (χ0v) is 41.3. The number of H-pyrrole nitrogens is 1. The second-order valence-electron chi connectivity index (χ2n) is 19.9. The number of rotatable bonds is 20. The minimum absolute atomic E-state index is 0.0179. The summed E-state index contributed by atoms with van der Waals surface area (Å²) in [7, 11) is 0. The molecule has 3 amide bonds. The fourth-order valence-corrected chi connectivity index (χ4v) is 10.1. The van der Waals surface area contributed by atoms with Crippen LogP contribution in [-0.4, -0.2) is 119 Å². The Morgan fingerprint density at radius 1 is 0.971 bits per heavy atom. The number of aromatic amines is 1. The number of aromatic nitrogens is 2.